The van der Waals surface area contributed by atoms with E-state index in [4.69, 9.17) is 15.2 Å². The maximum Gasteiger partial charge on any atom is 0.339 e. The minimum atomic E-state index is -0.456. The van der Waals surface area contributed by atoms with Gasteiger partial charge in [0.25, 0.3) is 0 Å². The number of hydrogen-bond donors (Lipinski definition) is 3. The number of hydrazine groups is 1. The fourth-order valence-corrected chi connectivity index (χ4v) is 3.45. The molecule has 4 unspecified atom stereocenters. The third-order valence-electron chi connectivity index (χ3n) is 4.23. The molecule has 1 fully saturated rings. The van der Waals surface area contributed by atoms with Gasteiger partial charge in [-0.1, -0.05) is 28.1 Å². The molecule has 0 bridgehead atoms. The first-order chi connectivity index (χ1) is 10.5. The maximum absolute atomic E-state index is 12.2. The van der Waals surface area contributed by atoms with Crippen LogP contribution in [0.4, 0.5) is 0 Å². The molecule has 4 N–H and O–H groups in total. The van der Waals surface area contributed by atoms with Gasteiger partial charge < -0.3 is 15.2 Å². The lowest BCUT2D eigenvalue weighted by molar-refractivity contribution is -0.137. The summed E-state index contributed by atoms with van der Waals surface area (Å²) in [6.45, 7) is 2.04. The summed E-state index contributed by atoms with van der Waals surface area (Å²) in [7, 11) is 1.35. The number of rotatable bonds is 2. The van der Waals surface area contributed by atoms with Gasteiger partial charge in [0.2, 0.25) is 0 Å². The second kappa shape index (κ2) is 5.91. The van der Waals surface area contributed by atoms with Crippen molar-refractivity contribution in [2.24, 2.45) is 11.7 Å². The third kappa shape index (κ3) is 2.49. The van der Waals surface area contributed by atoms with E-state index in [2.05, 4.69) is 26.8 Å². The Morgan fingerprint density at radius 2 is 2.00 bits per heavy atom. The Labute approximate surface area is 137 Å². The molecule has 0 spiro atoms. The highest BCUT2D eigenvalue weighted by Crippen LogP contribution is 2.43. The SMILES string of the molecule is COC(=O)C1=C(N)OC2NNC(C)C2C1c1ccc(Br)cc1. The molecule has 2 aliphatic rings. The van der Waals surface area contributed by atoms with Crippen molar-refractivity contribution in [3.63, 3.8) is 0 Å². The molecule has 1 aromatic rings. The summed E-state index contributed by atoms with van der Waals surface area (Å²) in [4.78, 5) is 12.2. The van der Waals surface area contributed by atoms with Crippen LogP contribution in [-0.2, 0) is 14.3 Å². The van der Waals surface area contributed by atoms with E-state index < -0.39 is 5.97 Å². The molecular weight excluding hydrogens is 350 g/mol. The van der Waals surface area contributed by atoms with Crippen molar-refractivity contribution >= 4 is 21.9 Å². The Morgan fingerprint density at radius 1 is 1.32 bits per heavy atom. The quantitative estimate of drug-likeness (QED) is 0.684. The molecule has 2 aliphatic heterocycles. The summed E-state index contributed by atoms with van der Waals surface area (Å²) in [5.41, 5.74) is 13.6. The molecule has 0 amide bonds. The zero-order valence-corrected chi connectivity index (χ0v) is 13.9. The number of esters is 1. The molecule has 0 aliphatic carbocycles. The van der Waals surface area contributed by atoms with Crippen molar-refractivity contribution in [2.75, 3.05) is 7.11 Å². The highest BCUT2D eigenvalue weighted by molar-refractivity contribution is 9.10. The molecule has 1 aromatic carbocycles. The van der Waals surface area contributed by atoms with E-state index >= 15 is 0 Å². The number of carbonyl (C=O) groups is 1. The van der Waals surface area contributed by atoms with Gasteiger partial charge in [0.1, 0.15) is 5.57 Å². The average molecular weight is 368 g/mol. The molecule has 22 heavy (non-hydrogen) atoms. The van der Waals surface area contributed by atoms with Gasteiger partial charge >= 0.3 is 5.97 Å². The van der Waals surface area contributed by atoms with Crippen LogP contribution in [0.25, 0.3) is 0 Å². The monoisotopic (exact) mass is 367 g/mol. The lowest BCUT2D eigenvalue weighted by Crippen LogP contribution is -2.43. The molecule has 3 rings (SSSR count). The summed E-state index contributed by atoms with van der Waals surface area (Å²) in [5, 5.41) is 0. The van der Waals surface area contributed by atoms with E-state index in [0.29, 0.717) is 5.57 Å². The fraction of sp³-hybridized carbons (Fsp3) is 0.400. The van der Waals surface area contributed by atoms with Crippen LogP contribution in [0.5, 0.6) is 0 Å². The predicted octanol–water partition coefficient (Wildman–Crippen LogP) is 1.34. The standard InChI is InChI=1S/C15H18BrN3O3/c1-7-10-11(8-3-5-9(16)6-4-8)12(15(20)21-2)13(17)22-14(10)19-18-7/h3-7,10-11,14,18-19H,17H2,1-2H3. The third-order valence-corrected chi connectivity index (χ3v) is 4.76. The number of carbonyl (C=O) groups excluding carboxylic acids is 1. The first-order valence-electron chi connectivity index (χ1n) is 7.04. The van der Waals surface area contributed by atoms with Crippen LogP contribution in [0.15, 0.2) is 40.2 Å². The number of benzene rings is 1. The smallest absolute Gasteiger partial charge is 0.339 e. The summed E-state index contributed by atoms with van der Waals surface area (Å²) >= 11 is 3.43. The minimum Gasteiger partial charge on any atom is -0.465 e. The van der Waals surface area contributed by atoms with Gasteiger partial charge in [-0.2, -0.15) is 0 Å². The maximum atomic E-state index is 12.2. The lowest BCUT2D eigenvalue weighted by Gasteiger charge is -2.36. The molecule has 0 aromatic heterocycles. The van der Waals surface area contributed by atoms with E-state index in [0.717, 1.165) is 10.0 Å². The van der Waals surface area contributed by atoms with Gasteiger partial charge in [0, 0.05) is 22.4 Å². The van der Waals surface area contributed by atoms with Crippen LogP contribution in [0.1, 0.15) is 18.4 Å². The van der Waals surface area contributed by atoms with Gasteiger partial charge in [-0.15, -0.1) is 0 Å². The summed E-state index contributed by atoms with van der Waals surface area (Å²) in [5.74, 6) is -0.508. The van der Waals surface area contributed by atoms with Crippen LogP contribution in [0.3, 0.4) is 0 Å². The number of halogens is 1. The lowest BCUT2D eigenvalue weighted by atomic mass is 9.75. The Kier molecular flexibility index (Phi) is 4.12. The Morgan fingerprint density at radius 3 is 2.64 bits per heavy atom. The second-order valence-corrected chi connectivity index (χ2v) is 6.41. The van der Waals surface area contributed by atoms with Crippen LogP contribution < -0.4 is 16.6 Å². The van der Waals surface area contributed by atoms with E-state index in [1.165, 1.54) is 7.11 Å². The summed E-state index contributed by atoms with van der Waals surface area (Å²) in [6, 6.07) is 7.99. The van der Waals surface area contributed by atoms with Crippen LogP contribution in [0.2, 0.25) is 0 Å². The van der Waals surface area contributed by atoms with Crippen molar-refractivity contribution in [3.8, 4) is 0 Å². The van der Waals surface area contributed by atoms with Gasteiger partial charge in [-0.3, -0.25) is 5.43 Å². The number of nitrogens with two attached hydrogens (primary N) is 1. The molecule has 118 valence electrons. The van der Waals surface area contributed by atoms with E-state index in [1.54, 1.807) is 0 Å². The predicted molar refractivity (Wildman–Crippen MR) is 84.2 cm³/mol. The van der Waals surface area contributed by atoms with E-state index in [9.17, 15) is 4.79 Å². The number of methoxy groups -OCH3 is 1. The Bertz CT molecular complexity index is 617. The number of ether oxygens (including phenoxy) is 2. The largest absolute Gasteiger partial charge is 0.465 e. The highest BCUT2D eigenvalue weighted by Gasteiger charge is 2.48. The van der Waals surface area contributed by atoms with Crippen molar-refractivity contribution in [1.82, 2.24) is 10.9 Å². The first-order valence-corrected chi connectivity index (χ1v) is 7.83. The zero-order valence-electron chi connectivity index (χ0n) is 12.3. The first kappa shape index (κ1) is 15.3. The van der Waals surface area contributed by atoms with Crippen molar-refractivity contribution < 1.29 is 14.3 Å². The molecule has 0 radical (unpaired) electrons. The molecule has 2 heterocycles. The van der Waals surface area contributed by atoms with Crippen molar-refractivity contribution in [3.05, 3.63) is 45.8 Å². The van der Waals surface area contributed by atoms with Gasteiger partial charge in [-0.05, 0) is 24.6 Å². The highest BCUT2D eigenvalue weighted by atomic mass is 79.9. The molecule has 1 saturated heterocycles. The molecular formula is C15H18BrN3O3. The molecule has 7 heteroatoms. The summed E-state index contributed by atoms with van der Waals surface area (Å²) < 4.78 is 11.6. The van der Waals surface area contributed by atoms with Gasteiger partial charge in [0.15, 0.2) is 12.1 Å². The molecule has 0 saturated carbocycles. The number of nitrogens with one attached hydrogen (secondary N) is 2. The summed E-state index contributed by atoms with van der Waals surface area (Å²) in [6.07, 6.45) is -0.281. The van der Waals surface area contributed by atoms with Crippen molar-refractivity contribution in [2.45, 2.75) is 25.1 Å². The van der Waals surface area contributed by atoms with Crippen molar-refractivity contribution in [1.29, 1.82) is 0 Å². The second-order valence-electron chi connectivity index (χ2n) is 5.49. The number of hydrogen-bond acceptors (Lipinski definition) is 6. The molecule has 6 nitrogen and oxygen atoms in total. The van der Waals surface area contributed by atoms with E-state index in [1.807, 2.05) is 31.2 Å². The fourth-order valence-electron chi connectivity index (χ4n) is 3.18. The Hall–Kier alpha value is -1.57. The topological polar surface area (TPSA) is 85.6 Å². The van der Waals surface area contributed by atoms with Crippen LogP contribution >= 0.6 is 15.9 Å². The van der Waals surface area contributed by atoms with Gasteiger partial charge in [-0.25, -0.2) is 10.2 Å². The van der Waals surface area contributed by atoms with E-state index in [-0.39, 0.29) is 30.0 Å². The zero-order chi connectivity index (χ0) is 15.9. The molecule has 4 atom stereocenters. The Balaban J connectivity index is 2.11. The van der Waals surface area contributed by atoms with Crippen LogP contribution in [0, 0.1) is 5.92 Å². The number of fused-ring (bicyclic) bond motifs is 1. The minimum absolute atomic E-state index is 0.0302. The van der Waals surface area contributed by atoms with Crippen LogP contribution in [-0.4, -0.2) is 25.3 Å². The van der Waals surface area contributed by atoms with Gasteiger partial charge in [0.05, 0.1) is 7.11 Å². The average Bonchev–Trinajstić information content (AvgIpc) is 2.87. The normalized spacial score (nSPS) is 30.7.